The van der Waals surface area contributed by atoms with E-state index in [0.29, 0.717) is 16.5 Å². The molecule has 0 fully saturated rings. The molecule has 0 bridgehead atoms. The summed E-state index contributed by atoms with van der Waals surface area (Å²) >= 11 is 0. The van der Waals surface area contributed by atoms with Crippen molar-refractivity contribution in [3.8, 4) is 11.5 Å². The number of aromatic nitrogens is 3. The zero-order chi connectivity index (χ0) is 25.8. The Kier molecular flexibility index (Phi) is 6.94. The summed E-state index contributed by atoms with van der Waals surface area (Å²) < 4.78 is 63.6. The largest absolute Gasteiger partial charge is 0.455 e. The van der Waals surface area contributed by atoms with Gasteiger partial charge < -0.3 is 14.5 Å². The number of nitro groups is 1. The minimum Gasteiger partial charge on any atom is -0.455 e. The Morgan fingerprint density at radius 3 is 2.58 bits per heavy atom. The van der Waals surface area contributed by atoms with Crippen molar-refractivity contribution in [2.45, 2.75) is 19.4 Å². The van der Waals surface area contributed by atoms with Gasteiger partial charge >= 0.3 is 0 Å². The molecule has 0 atom stereocenters. The summed E-state index contributed by atoms with van der Waals surface area (Å²) in [6, 6.07) is 9.90. The average molecular weight is 505 g/mol. The van der Waals surface area contributed by atoms with E-state index in [4.69, 9.17) is 9.15 Å². The number of halogens is 4. The first-order chi connectivity index (χ1) is 17.2. The number of anilines is 1. The van der Waals surface area contributed by atoms with Gasteiger partial charge in [0, 0.05) is 18.3 Å². The molecule has 1 N–H and O–H groups in total. The minimum absolute atomic E-state index is 0.00870. The second kappa shape index (κ2) is 10.2. The summed E-state index contributed by atoms with van der Waals surface area (Å²) in [6.07, 6.45) is -3.18. The predicted molar refractivity (Wildman–Crippen MR) is 115 cm³/mol. The van der Waals surface area contributed by atoms with Crippen molar-refractivity contribution in [1.29, 1.82) is 0 Å². The average Bonchev–Trinajstić information content (AvgIpc) is 3.47. The van der Waals surface area contributed by atoms with E-state index >= 15 is 0 Å². The highest BCUT2D eigenvalue weighted by molar-refractivity contribution is 6.02. The molecule has 3 heterocycles. The molecule has 4 rings (SSSR count). The number of pyridine rings is 1. The van der Waals surface area contributed by atoms with E-state index in [1.54, 1.807) is 12.1 Å². The third-order valence-corrected chi connectivity index (χ3v) is 4.70. The lowest BCUT2D eigenvalue weighted by atomic mass is 10.2. The number of benzene rings is 1. The van der Waals surface area contributed by atoms with Gasteiger partial charge in [0.25, 0.3) is 24.4 Å². The predicted octanol–water partition coefficient (Wildman–Crippen LogP) is 5.75. The second-order valence-corrected chi connectivity index (χ2v) is 7.24. The van der Waals surface area contributed by atoms with Gasteiger partial charge in [0.05, 0.1) is 29.4 Å². The van der Waals surface area contributed by atoms with E-state index in [1.165, 1.54) is 30.6 Å². The normalized spacial score (nSPS) is 11.2. The van der Waals surface area contributed by atoms with Gasteiger partial charge in [0.15, 0.2) is 5.76 Å². The maximum atomic E-state index is 13.2. The van der Waals surface area contributed by atoms with Crippen molar-refractivity contribution in [2.75, 3.05) is 5.32 Å². The van der Waals surface area contributed by atoms with E-state index in [2.05, 4.69) is 15.4 Å². The van der Waals surface area contributed by atoms with Crippen molar-refractivity contribution in [3.05, 3.63) is 93.9 Å². The number of amides is 1. The molecule has 14 heteroatoms. The molecule has 186 valence electrons. The number of ether oxygens (including phenoxy) is 1. The van der Waals surface area contributed by atoms with Gasteiger partial charge in [-0.25, -0.2) is 17.6 Å². The zero-order valence-corrected chi connectivity index (χ0v) is 18.0. The molecule has 36 heavy (non-hydrogen) atoms. The number of nitro benzene ring substituents is 1. The number of carbonyl (C=O) groups excluding carboxylic acids is 1. The molecule has 0 aliphatic carbocycles. The first-order valence-electron chi connectivity index (χ1n) is 10.1. The Labute approximate surface area is 199 Å². The van der Waals surface area contributed by atoms with Gasteiger partial charge in [0.1, 0.15) is 28.6 Å². The van der Waals surface area contributed by atoms with Gasteiger partial charge in [-0.05, 0) is 30.3 Å². The molecular formula is C22H15F4N5O5. The Morgan fingerprint density at radius 2 is 1.92 bits per heavy atom. The van der Waals surface area contributed by atoms with E-state index < -0.39 is 41.6 Å². The first kappa shape index (κ1) is 24.4. The SMILES string of the molecule is O=C(Nc1cc(Oc2cccnc2)cc([N+](=O)[O-])c1)c1ccc(Cn2nc(C(F)F)cc2C(F)F)o1. The highest BCUT2D eigenvalue weighted by atomic mass is 19.3. The molecule has 0 saturated carbocycles. The zero-order valence-electron chi connectivity index (χ0n) is 18.0. The van der Waals surface area contributed by atoms with Crippen LogP contribution in [0.25, 0.3) is 0 Å². The number of hydrogen-bond donors (Lipinski definition) is 1. The molecule has 1 amide bonds. The summed E-state index contributed by atoms with van der Waals surface area (Å²) in [5.74, 6) is -0.711. The van der Waals surface area contributed by atoms with E-state index in [1.807, 2.05) is 0 Å². The van der Waals surface area contributed by atoms with E-state index in [0.717, 1.165) is 12.1 Å². The molecule has 0 radical (unpaired) electrons. The van der Waals surface area contributed by atoms with Gasteiger partial charge in [-0.15, -0.1) is 0 Å². The van der Waals surface area contributed by atoms with Crippen molar-refractivity contribution in [1.82, 2.24) is 14.8 Å². The number of non-ortho nitro benzene ring substituents is 1. The number of nitrogens with one attached hydrogen (secondary N) is 1. The fourth-order valence-corrected chi connectivity index (χ4v) is 3.15. The van der Waals surface area contributed by atoms with Crippen LogP contribution in [-0.4, -0.2) is 25.6 Å². The Balaban J connectivity index is 1.52. The molecule has 0 unspecified atom stereocenters. The van der Waals surface area contributed by atoms with E-state index in [-0.39, 0.29) is 28.6 Å². The van der Waals surface area contributed by atoms with Crippen molar-refractivity contribution < 1.29 is 36.4 Å². The molecule has 0 saturated heterocycles. The van der Waals surface area contributed by atoms with Crippen molar-refractivity contribution in [2.24, 2.45) is 0 Å². The van der Waals surface area contributed by atoms with Gasteiger partial charge in [-0.1, -0.05) is 0 Å². The number of furan rings is 1. The van der Waals surface area contributed by atoms with Gasteiger partial charge in [-0.2, -0.15) is 5.10 Å². The number of nitrogens with zero attached hydrogens (tertiary/aromatic N) is 4. The van der Waals surface area contributed by atoms with Crippen LogP contribution < -0.4 is 10.1 Å². The Hall–Kier alpha value is -4.75. The third-order valence-electron chi connectivity index (χ3n) is 4.70. The third kappa shape index (κ3) is 5.65. The maximum Gasteiger partial charge on any atom is 0.291 e. The van der Waals surface area contributed by atoms with Crippen molar-refractivity contribution >= 4 is 17.3 Å². The lowest BCUT2D eigenvalue weighted by Crippen LogP contribution is -2.11. The summed E-state index contributed by atoms with van der Waals surface area (Å²) in [6.45, 7) is -0.431. The summed E-state index contributed by atoms with van der Waals surface area (Å²) in [5, 5.41) is 17.2. The standard InChI is InChI=1S/C22H15F4N5O5/c23-20(24)17-9-18(21(25)26)30(29-17)11-15-3-4-19(36-15)22(32)28-12-6-13(31(33)34)8-16(7-12)35-14-2-1-5-27-10-14/h1-10,20-21H,11H2,(H,28,32). The molecule has 0 spiro atoms. The molecule has 0 aliphatic heterocycles. The summed E-state index contributed by atoms with van der Waals surface area (Å²) in [7, 11) is 0. The van der Waals surface area contributed by atoms with Crippen LogP contribution in [0.15, 0.2) is 65.3 Å². The monoisotopic (exact) mass is 505 g/mol. The molecule has 1 aromatic carbocycles. The van der Waals surface area contributed by atoms with Crippen LogP contribution in [0.4, 0.5) is 28.9 Å². The van der Waals surface area contributed by atoms with Crippen LogP contribution in [0.1, 0.15) is 40.6 Å². The van der Waals surface area contributed by atoms with Crippen LogP contribution >= 0.6 is 0 Å². The van der Waals surface area contributed by atoms with Crippen LogP contribution in [0.2, 0.25) is 0 Å². The first-order valence-corrected chi connectivity index (χ1v) is 10.1. The number of alkyl halides is 4. The number of carbonyl (C=O) groups is 1. The molecule has 3 aromatic heterocycles. The Bertz CT molecular complexity index is 1390. The van der Waals surface area contributed by atoms with Crippen LogP contribution in [0.5, 0.6) is 11.5 Å². The lowest BCUT2D eigenvalue weighted by molar-refractivity contribution is -0.384. The maximum absolute atomic E-state index is 13.2. The molecular weight excluding hydrogens is 490 g/mol. The lowest BCUT2D eigenvalue weighted by Gasteiger charge is -2.08. The molecule has 10 nitrogen and oxygen atoms in total. The molecule has 4 aromatic rings. The minimum atomic E-state index is -3.06. The summed E-state index contributed by atoms with van der Waals surface area (Å²) in [4.78, 5) is 27.1. The van der Waals surface area contributed by atoms with Crippen LogP contribution in [-0.2, 0) is 6.54 Å². The number of rotatable bonds is 9. The highest BCUT2D eigenvalue weighted by Crippen LogP contribution is 2.30. The summed E-state index contributed by atoms with van der Waals surface area (Å²) in [5.41, 5.74) is -1.89. The van der Waals surface area contributed by atoms with Gasteiger partial charge in [0.2, 0.25) is 0 Å². The van der Waals surface area contributed by atoms with Crippen molar-refractivity contribution in [3.63, 3.8) is 0 Å². The smallest absolute Gasteiger partial charge is 0.291 e. The fraction of sp³-hybridized carbons (Fsp3) is 0.136. The van der Waals surface area contributed by atoms with Crippen LogP contribution in [0.3, 0.4) is 0 Å². The van der Waals surface area contributed by atoms with Crippen LogP contribution in [0, 0.1) is 10.1 Å². The van der Waals surface area contributed by atoms with E-state index in [9.17, 15) is 32.5 Å². The topological polar surface area (TPSA) is 125 Å². The highest BCUT2D eigenvalue weighted by Gasteiger charge is 2.22. The fourth-order valence-electron chi connectivity index (χ4n) is 3.15. The molecule has 0 aliphatic rings. The quantitative estimate of drug-likeness (QED) is 0.174. The number of hydrogen-bond acceptors (Lipinski definition) is 7. The second-order valence-electron chi connectivity index (χ2n) is 7.24. The van der Waals surface area contributed by atoms with Gasteiger partial charge in [-0.3, -0.25) is 24.6 Å². The Morgan fingerprint density at radius 1 is 1.11 bits per heavy atom.